The highest BCUT2D eigenvalue weighted by Gasteiger charge is 2.26. The van der Waals surface area contributed by atoms with Gasteiger partial charge in [-0.1, -0.05) is 6.92 Å². The van der Waals surface area contributed by atoms with Gasteiger partial charge in [0.2, 0.25) is 0 Å². The van der Waals surface area contributed by atoms with Gasteiger partial charge in [-0.25, -0.2) is 0 Å². The molecule has 2 atom stereocenters. The lowest BCUT2D eigenvalue weighted by atomic mass is 9.88. The zero-order valence-electron chi connectivity index (χ0n) is 6.13. The summed E-state index contributed by atoms with van der Waals surface area (Å²) in [5.74, 6) is -0.507. The molecule has 3 heteroatoms. The maximum Gasteiger partial charge on any atom is 0.308 e. The van der Waals surface area contributed by atoms with Crippen molar-refractivity contribution in [2.75, 3.05) is 13.1 Å². The fourth-order valence-electron chi connectivity index (χ4n) is 1.32. The summed E-state index contributed by atoms with van der Waals surface area (Å²) in [5, 5.41) is 11.7. The van der Waals surface area contributed by atoms with Crippen LogP contribution in [0, 0.1) is 11.8 Å². The predicted octanol–water partition coefficient (Wildman–Crippen LogP) is 0.317. The van der Waals surface area contributed by atoms with E-state index in [-0.39, 0.29) is 5.92 Å². The van der Waals surface area contributed by atoms with Crippen molar-refractivity contribution in [1.82, 2.24) is 5.32 Å². The van der Waals surface area contributed by atoms with Crippen LogP contribution in [0.1, 0.15) is 13.3 Å². The summed E-state index contributed by atoms with van der Waals surface area (Å²) in [6, 6.07) is 0. The summed E-state index contributed by atoms with van der Waals surface area (Å²) in [4.78, 5) is 10.5. The maximum atomic E-state index is 10.5. The van der Waals surface area contributed by atoms with Gasteiger partial charge in [0.05, 0.1) is 5.92 Å². The second-order valence-corrected chi connectivity index (χ2v) is 2.91. The second-order valence-electron chi connectivity index (χ2n) is 2.91. The Hall–Kier alpha value is -0.570. The standard InChI is InChI=1S/C7H13NO2/c1-5-2-3-8-4-6(5)7(9)10/h5-6,8H,2-4H2,1H3,(H,9,10)/t5-,6-/m1/s1. The van der Waals surface area contributed by atoms with Crippen LogP contribution < -0.4 is 5.32 Å². The Bertz CT molecular complexity index is 136. The largest absolute Gasteiger partial charge is 0.481 e. The molecule has 0 bridgehead atoms. The summed E-state index contributed by atoms with van der Waals surface area (Å²) in [6.07, 6.45) is 0.983. The zero-order chi connectivity index (χ0) is 7.56. The lowest BCUT2D eigenvalue weighted by Crippen LogP contribution is -2.39. The minimum Gasteiger partial charge on any atom is -0.481 e. The number of carboxylic acid groups (broad SMARTS) is 1. The number of hydrogen-bond acceptors (Lipinski definition) is 2. The van der Waals surface area contributed by atoms with E-state index in [1.807, 2.05) is 6.92 Å². The molecule has 0 aromatic rings. The van der Waals surface area contributed by atoms with Gasteiger partial charge >= 0.3 is 5.97 Å². The van der Waals surface area contributed by atoms with Crippen molar-refractivity contribution in [3.05, 3.63) is 0 Å². The number of carboxylic acids is 1. The Balaban J connectivity index is 2.47. The molecule has 2 N–H and O–H groups in total. The van der Waals surface area contributed by atoms with Crippen molar-refractivity contribution in [2.24, 2.45) is 11.8 Å². The molecule has 0 aromatic heterocycles. The monoisotopic (exact) mass is 143 g/mol. The first-order chi connectivity index (χ1) is 4.72. The van der Waals surface area contributed by atoms with Gasteiger partial charge < -0.3 is 10.4 Å². The van der Waals surface area contributed by atoms with Crippen molar-refractivity contribution < 1.29 is 9.90 Å². The molecule has 58 valence electrons. The number of hydrogen-bond donors (Lipinski definition) is 2. The zero-order valence-corrected chi connectivity index (χ0v) is 6.13. The van der Waals surface area contributed by atoms with Crippen LogP contribution in [-0.4, -0.2) is 24.2 Å². The van der Waals surface area contributed by atoms with Crippen LogP contribution in [0.4, 0.5) is 0 Å². The van der Waals surface area contributed by atoms with Crippen LogP contribution >= 0.6 is 0 Å². The molecule has 10 heavy (non-hydrogen) atoms. The van der Waals surface area contributed by atoms with E-state index in [1.165, 1.54) is 0 Å². The van der Waals surface area contributed by atoms with E-state index in [2.05, 4.69) is 5.32 Å². The lowest BCUT2D eigenvalue weighted by Gasteiger charge is -2.25. The molecule has 0 radical (unpaired) electrons. The van der Waals surface area contributed by atoms with Crippen molar-refractivity contribution >= 4 is 5.97 Å². The summed E-state index contributed by atoms with van der Waals surface area (Å²) < 4.78 is 0. The van der Waals surface area contributed by atoms with Gasteiger partial charge in [0.25, 0.3) is 0 Å². The Morgan fingerprint density at radius 1 is 1.70 bits per heavy atom. The molecule has 1 aliphatic rings. The summed E-state index contributed by atoms with van der Waals surface area (Å²) in [6.45, 7) is 3.60. The van der Waals surface area contributed by atoms with Crippen LogP contribution in [0.15, 0.2) is 0 Å². The van der Waals surface area contributed by atoms with Crippen LogP contribution in [0.3, 0.4) is 0 Å². The number of aliphatic carboxylic acids is 1. The van der Waals surface area contributed by atoms with Crippen molar-refractivity contribution in [3.63, 3.8) is 0 Å². The molecule has 0 aromatic carbocycles. The minimum atomic E-state index is -0.667. The molecule has 1 heterocycles. The first-order valence-electron chi connectivity index (χ1n) is 3.65. The normalized spacial score (nSPS) is 33.7. The van der Waals surface area contributed by atoms with Crippen molar-refractivity contribution in [3.8, 4) is 0 Å². The molecule has 1 fully saturated rings. The van der Waals surface area contributed by atoms with Gasteiger partial charge in [0, 0.05) is 6.54 Å². The number of nitrogens with one attached hydrogen (secondary N) is 1. The Labute approximate surface area is 60.4 Å². The van der Waals surface area contributed by atoms with Gasteiger partial charge in [-0.2, -0.15) is 0 Å². The van der Waals surface area contributed by atoms with Crippen LogP contribution in [0.25, 0.3) is 0 Å². The van der Waals surface area contributed by atoms with E-state index in [0.29, 0.717) is 12.5 Å². The summed E-state index contributed by atoms with van der Waals surface area (Å²) in [5.41, 5.74) is 0. The highest BCUT2D eigenvalue weighted by atomic mass is 16.4. The van der Waals surface area contributed by atoms with Gasteiger partial charge in [-0.15, -0.1) is 0 Å². The van der Waals surface area contributed by atoms with E-state index in [9.17, 15) is 4.79 Å². The highest BCUT2D eigenvalue weighted by molar-refractivity contribution is 5.70. The molecule has 0 aliphatic carbocycles. The van der Waals surface area contributed by atoms with E-state index in [1.54, 1.807) is 0 Å². The topological polar surface area (TPSA) is 49.3 Å². The fraction of sp³-hybridized carbons (Fsp3) is 0.857. The number of rotatable bonds is 1. The van der Waals surface area contributed by atoms with Crippen LogP contribution in [0.2, 0.25) is 0 Å². The summed E-state index contributed by atoms with van der Waals surface area (Å²) in [7, 11) is 0. The molecule has 0 amide bonds. The smallest absolute Gasteiger partial charge is 0.308 e. The Morgan fingerprint density at radius 3 is 2.80 bits per heavy atom. The first-order valence-corrected chi connectivity index (χ1v) is 3.65. The molecular weight excluding hydrogens is 130 g/mol. The molecule has 1 saturated heterocycles. The van der Waals surface area contributed by atoms with Crippen LogP contribution in [-0.2, 0) is 4.79 Å². The molecule has 0 saturated carbocycles. The molecule has 3 nitrogen and oxygen atoms in total. The van der Waals surface area contributed by atoms with Crippen molar-refractivity contribution in [2.45, 2.75) is 13.3 Å². The lowest BCUT2D eigenvalue weighted by molar-refractivity contribution is -0.143. The number of piperidine rings is 1. The Kier molecular flexibility index (Phi) is 2.27. The highest BCUT2D eigenvalue weighted by Crippen LogP contribution is 2.17. The van der Waals surface area contributed by atoms with E-state index < -0.39 is 5.97 Å². The molecule has 1 aliphatic heterocycles. The van der Waals surface area contributed by atoms with Gasteiger partial charge in [-0.3, -0.25) is 4.79 Å². The average molecular weight is 143 g/mol. The molecule has 0 unspecified atom stereocenters. The molecule has 0 spiro atoms. The van der Waals surface area contributed by atoms with E-state index >= 15 is 0 Å². The van der Waals surface area contributed by atoms with Gasteiger partial charge in [-0.05, 0) is 18.9 Å². The molecular formula is C7H13NO2. The van der Waals surface area contributed by atoms with E-state index in [0.717, 1.165) is 13.0 Å². The maximum absolute atomic E-state index is 10.5. The fourth-order valence-corrected chi connectivity index (χ4v) is 1.32. The Morgan fingerprint density at radius 2 is 2.40 bits per heavy atom. The van der Waals surface area contributed by atoms with E-state index in [4.69, 9.17) is 5.11 Å². The average Bonchev–Trinajstić information content (AvgIpc) is 1.88. The number of carbonyl (C=O) groups is 1. The minimum absolute atomic E-state index is 0.172. The molecule has 1 rings (SSSR count). The third-order valence-electron chi connectivity index (χ3n) is 2.14. The third-order valence-corrected chi connectivity index (χ3v) is 2.14. The second kappa shape index (κ2) is 3.01. The van der Waals surface area contributed by atoms with Gasteiger partial charge in [0.15, 0.2) is 0 Å². The van der Waals surface area contributed by atoms with Crippen LogP contribution in [0.5, 0.6) is 0 Å². The SMILES string of the molecule is C[C@@H]1CCNC[C@H]1C(=O)O. The van der Waals surface area contributed by atoms with Crippen molar-refractivity contribution in [1.29, 1.82) is 0 Å². The third kappa shape index (κ3) is 1.48. The predicted molar refractivity (Wildman–Crippen MR) is 37.8 cm³/mol. The van der Waals surface area contributed by atoms with Gasteiger partial charge in [0.1, 0.15) is 0 Å². The summed E-state index contributed by atoms with van der Waals surface area (Å²) >= 11 is 0. The quantitative estimate of drug-likeness (QED) is 0.555. The first kappa shape index (κ1) is 7.54.